The molecule has 1 atom stereocenters. The van der Waals surface area contributed by atoms with Gasteiger partial charge < -0.3 is 14.2 Å². The first-order valence-electron chi connectivity index (χ1n) is 11.5. The fraction of sp³-hybridized carbons (Fsp3) is 0.609. The molecule has 2 aliphatic heterocycles. The first-order valence-corrected chi connectivity index (χ1v) is 11.5. The average Bonchev–Trinajstić information content (AvgIpc) is 3.28. The Kier molecular flexibility index (Phi) is 7.14. The minimum atomic E-state index is -0.145. The van der Waals surface area contributed by atoms with Crippen LogP contribution in [0.5, 0.6) is 0 Å². The number of hydrogen-bond acceptors (Lipinski definition) is 8. The van der Waals surface area contributed by atoms with Gasteiger partial charge in [0.15, 0.2) is 5.69 Å². The van der Waals surface area contributed by atoms with Crippen LogP contribution in [0.3, 0.4) is 0 Å². The number of carbonyl (C=O) groups excluding carboxylic acids is 2. The highest BCUT2D eigenvalue weighted by molar-refractivity contribution is 5.92. The molecule has 172 valence electrons. The maximum Gasteiger partial charge on any atom is 0.275 e. The second-order valence-corrected chi connectivity index (χ2v) is 9.09. The third-order valence-corrected chi connectivity index (χ3v) is 6.11. The number of ketones is 1. The lowest BCUT2D eigenvalue weighted by Crippen LogP contribution is -2.46. The number of likely N-dealkylation sites (tertiary alicyclic amines) is 1. The van der Waals surface area contributed by atoms with E-state index < -0.39 is 0 Å². The lowest BCUT2D eigenvalue weighted by Gasteiger charge is -2.33. The molecule has 0 unspecified atom stereocenters. The van der Waals surface area contributed by atoms with Gasteiger partial charge in [-0.2, -0.15) is 0 Å². The fourth-order valence-electron chi connectivity index (χ4n) is 4.39. The average molecular weight is 441 g/mol. The molecule has 2 saturated heterocycles. The first kappa shape index (κ1) is 22.4. The van der Waals surface area contributed by atoms with Crippen LogP contribution in [-0.4, -0.2) is 75.7 Å². The topological polar surface area (TPSA) is 95.7 Å². The summed E-state index contributed by atoms with van der Waals surface area (Å²) in [6.45, 7) is 9.15. The van der Waals surface area contributed by atoms with Crippen molar-refractivity contribution in [2.24, 2.45) is 11.8 Å². The molecule has 0 aliphatic carbocycles. The van der Waals surface area contributed by atoms with Crippen LogP contribution in [0.15, 0.2) is 29.1 Å². The molecule has 1 amide bonds. The van der Waals surface area contributed by atoms with Gasteiger partial charge in [-0.15, -0.1) is 0 Å². The SMILES string of the molecule is CC(C)CC(=O)[C@@H]1CCCN(C(=O)c2coc(CN3CCN(c4ncccn4)CC3)n2)C1. The van der Waals surface area contributed by atoms with Crippen LogP contribution in [0.2, 0.25) is 0 Å². The molecule has 0 aromatic carbocycles. The van der Waals surface area contributed by atoms with Crippen LogP contribution in [0.25, 0.3) is 0 Å². The lowest BCUT2D eigenvalue weighted by atomic mass is 9.89. The number of nitrogens with zero attached hydrogens (tertiary/aromatic N) is 6. The Bertz CT molecular complexity index is 907. The molecule has 0 spiro atoms. The minimum Gasteiger partial charge on any atom is -0.447 e. The van der Waals surface area contributed by atoms with Crippen LogP contribution in [0.4, 0.5) is 5.95 Å². The van der Waals surface area contributed by atoms with E-state index in [1.54, 1.807) is 17.3 Å². The highest BCUT2D eigenvalue weighted by Crippen LogP contribution is 2.22. The van der Waals surface area contributed by atoms with Crippen LogP contribution in [-0.2, 0) is 11.3 Å². The van der Waals surface area contributed by atoms with E-state index in [1.165, 1.54) is 6.26 Å². The zero-order valence-electron chi connectivity index (χ0n) is 18.9. The van der Waals surface area contributed by atoms with Crippen molar-refractivity contribution in [2.45, 2.75) is 39.7 Å². The van der Waals surface area contributed by atoms with E-state index in [2.05, 4.69) is 38.6 Å². The molecule has 2 aromatic rings. The van der Waals surface area contributed by atoms with Gasteiger partial charge in [-0.25, -0.2) is 15.0 Å². The monoisotopic (exact) mass is 440 g/mol. The van der Waals surface area contributed by atoms with Crippen LogP contribution < -0.4 is 4.90 Å². The largest absolute Gasteiger partial charge is 0.447 e. The van der Waals surface area contributed by atoms with Gasteiger partial charge in [0.1, 0.15) is 12.0 Å². The summed E-state index contributed by atoms with van der Waals surface area (Å²) in [5, 5.41) is 0. The summed E-state index contributed by atoms with van der Waals surface area (Å²) in [6, 6.07) is 1.81. The maximum absolute atomic E-state index is 13.0. The number of Topliss-reactive ketones (excluding diaryl/α,β-unsaturated/α-hetero) is 1. The van der Waals surface area contributed by atoms with Gasteiger partial charge in [0.05, 0.1) is 6.54 Å². The number of piperidine rings is 1. The highest BCUT2D eigenvalue weighted by atomic mass is 16.3. The van der Waals surface area contributed by atoms with Crippen LogP contribution in [0, 0.1) is 11.8 Å². The lowest BCUT2D eigenvalue weighted by molar-refractivity contribution is -0.124. The van der Waals surface area contributed by atoms with Crippen LogP contribution >= 0.6 is 0 Å². The van der Waals surface area contributed by atoms with E-state index in [-0.39, 0.29) is 17.6 Å². The highest BCUT2D eigenvalue weighted by Gasteiger charge is 2.30. The molecule has 2 fully saturated rings. The number of piperazine rings is 1. The van der Waals surface area contributed by atoms with Crippen LogP contribution in [0.1, 0.15) is 49.5 Å². The van der Waals surface area contributed by atoms with Crippen molar-refractivity contribution in [1.29, 1.82) is 0 Å². The third kappa shape index (κ3) is 5.51. The van der Waals surface area contributed by atoms with E-state index >= 15 is 0 Å². The fourth-order valence-corrected chi connectivity index (χ4v) is 4.39. The standard InChI is InChI=1S/C23H32N6O3/c1-17(2)13-20(30)18-5-3-8-29(14-18)22(31)19-16-32-21(26-19)15-27-9-11-28(12-10-27)23-24-6-4-7-25-23/h4,6-7,16-18H,3,5,8-15H2,1-2H3/t18-/m1/s1. The Balaban J connectivity index is 1.29. The zero-order chi connectivity index (χ0) is 22.5. The number of anilines is 1. The molecular formula is C23H32N6O3. The first-order chi connectivity index (χ1) is 15.5. The summed E-state index contributed by atoms with van der Waals surface area (Å²) >= 11 is 0. The summed E-state index contributed by atoms with van der Waals surface area (Å²) in [6.07, 6.45) is 7.24. The Hall–Kier alpha value is -2.81. The van der Waals surface area contributed by atoms with E-state index in [9.17, 15) is 9.59 Å². The molecule has 2 aliphatic rings. The molecule has 0 radical (unpaired) electrons. The predicted molar refractivity (Wildman–Crippen MR) is 119 cm³/mol. The Morgan fingerprint density at radius 3 is 2.59 bits per heavy atom. The summed E-state index contributed by atoms with van der Waals surface area (Å²) in [5.74, 6) is 1.69. The summed E-state index contributed by atoms with van der Waals surface area (Å²) in [7, 11) is 0. The molecule has 4 heterocycles. The van der Waals surface area contributed by atoms with Gasteiger partial charge in [-0.3, -0.25) is 14.5 Å². The van der Waals surface area contributed by atoms with Crippen molar-refractivity contribution in [3.8, 4) is 0 Å². The molecule has 9 nitrogen and oxygen atoms in total. The maximum atomic E-state index is 13.0. The van der Waals surface area contributed by atoms with Crippen molar-refractivity contribution >= 4 is 17.6 Å². The molecular weight excluding hydrogens is 408 g/mol. The second-order valence-electron chi connectivity index (χ2n) is 9.09. The second kappa shape index (κ2) is 10.2. The number of rotatable bonds is 7. The molecule has 2 aromatic heterocycles. The molecule has 32 heavy (non-hydrogen) atoms. The number of hydrogen-bond donors (Lipinski definition) is 0. The molecule has 0 saturated carbocycles. The predicted octanol–water partition coefficient (Wildman–Crippen LogP) is 2.25. The Morgan fingerprint density at radius 1 is 1.12 bits per heavy atom. The van der Waals surface area contributed by atoms with Gasteiger partial charge >= 0.3 is 0 Å². The summed E-state index contributed by atoms with van der Waals surface area (Å²) in [5.41, 5.74) is 0.327. The Labute approximate surface area is 188 Å². The van der Waals surface area contributed by atoms with Crippen molar-refractivity contribution in [3.63, 3.8) is 0 Å². The Morgan fingerprint density at radius 2 is 1.88 bits per heavy atom. The zero-order valence-corrected chi connectivity index (χ0v) is 18.9. The van der Waals surface area contributed by atoms with Crippen molar-refractivity contribution in [1.82, 2.24) is 24.8 Å². The quantitative estimate of drug-likeness (QED) is 0.647. The normalized spacial score (nSPS) is 20.0. The number of aromatic nitrogens is 3. The number of carbonyl (C=O) groups is 2. The molecule has 0 N–H and O–H groups in total. The molecule has 4 rings (SSSR count). The summed E-state index contributed by atoms with van der Waals surface area (Å²) < 4.78 is 5.61. The van der Waals surface area contributed by atoms with Gasteiger partial charge in [-0.05, 0) is 24.8 Å². The van der Waals surface area contributed by atoms with Gasteiger partial charge in [-0.1, -0.05) is 13.8 Å². The number of amides is 1. The minimum absolute atomic E-state index is 0.0636. The van der Waals surface area contributed by atoms with Crippen molar-refractivity contribution < 1.29 is 14.0 Å². The van der Waals surface area contributed by atoms with Crippen molar-refractivity contribution in [3.05, 3.63) is 36.3 Å². The number of oxazole rings is 1. The third-order valence-electron chi connectivity index (χ3n) is 6.11. The van der Waals surface area contributed by atoms with E-state index in [4.69, 9.17) is 4.42 Å². The van der Waals surface area contributed by atoms with E-state index in [1.807, 2.05) is 6.07 Å². The van der Waals surface area contributed by atoms with Crippen molar-refractivity contribution in [2.75, 3.05) is 44.2 Å². The molecule has 9 heteroatoms. The smallest absolute Gasteiger partial charge is 0.275 e. The summed E-state index contributed by atoms with van der Waals surface area (Å²) in [4.78, 5) is 44.7. The van der Waals surface area contributed by atoms with E-state index in [0.717, 1.165) is 45.0 Å². The van der Waals surface area contributed by atoms with Gasteiger partial charge in [0.2, 0.25) is 11.8 Å². The van der Waals surface area contributed by atoms with Gasteiger partial charge in [0.25, 0.3) is 5.91 Å². The van der Waals surface area contributed by atoms with Gasteiger partial charge in [0, 0.05) is 64.0 Å². The molecule has 0 bridgehead atoms. The van der Waals surface area contributed by atoms with E-state index in [0.29, 0.717) is 43.6 Å².